The van der Waals surface area contributed by atoms with Crippen molar-refractivity contribution in [2.45, 2.75) is 70.8 Å². The van der Waals surface area contributed by atoms with Crippen LogP contribution in [0.4, 0.5) is 0 Å². The van der Waals surface area contributed by atoms with Crippen LogP contribution in [0.2, 0.25) is 0 Å². The van der Waals surface area contributed by atoms with Gasteiger partial charge in [0.15, 0.2) is 0 Å². The van der Waals surface area contributed by atoms with Gasteiger partial charge in [-0.05, 0) is 70.6 Å². The Morgan fingerprint density at radius 3 is 2.44 bits per heavy atom. The van der Waals surface area contributed by atoms with E-state index in [9.17, 15) is 0 Å². The maximum absolute atomic E-state index is 3.84. The number of likely N-dealkylation sites (tertiary alicyclic amines) is 1. The molecule has 0 aromatic rings. The Kier molecular flexibility index (Phi) is 6.50. The molecule has 1 saturated heterocycles. The second-order valence-corrected chi connectivity index (χ2v) is 6.27. The van der Waals surface area contributed by atoms with Crippen molar-refractivity contribution >= 4 is 0 Å². The molecule has 2 rings (SSSR count). The van der Waals surface area contributed by atoms with Gasteiger partial charge < -0.3 is 10.2 Å². The van der Waals surface area contributed by atoms with E-state index >= 15 is 0 Å². The lowest BCUT2D eigenvalue weighted by atomic mass is 9.83. The van der Waals surface area contributed by atoms with Crippen molar-refractivity contribution in [1.29, 1.82) is 0 Å². The van der Waals surface area contributed by atoms with Crippen LogP contribution in [0.1, 0.15) is 64.7 Å². The van der Waals surface area contributed by atoms with E-state index in [4.69, 9.17) is 0 Å². The molecule has 106 valence electrons. The minimum atomic E-state index is 0.795. The lowest BCUT2D eigenvalue weighted by molar-refractivity contribution is 0.256. The van der Waals surface area contributed by atoms with E-state index < -0.39 is 0 Å². The van der Waals surface area contributed by atoms with Gasteiger partial charge in [-0.3, -0.25) is 0 Å². The lowest BCUT2D eigenvalue weighted by Crippen LogP contribution is -2.38. The summed E-state index contributed by atoms with van der Waals surface area (Å²) in [5.41, 5.74) is 0. The van der Waals surface area contributed by atoms with E-state index in [0.717, 1.165) is 12.0 Å². The van der Waals surface area contributed by atoms with Crippen molar-refractivity contribution in [2.24, 2.45) is 5.92 Å². The predicted molar refractivity (Wildman–Crippen MR) is 78.9 cm³/mol. The van der Waals surface area contributed by atoms with Gasteiger partial charge in [0, 0.05) is 6.04 Å². The Bertz CT molecular complexity index is 205. The molecule has 1 saturated carbocycles. The molecule has 1 aliphatic carbocycles. The third-order valence-corrected chi connectivity index (χ3v) is 4.92. The van der Waals surface area contributed by atoms with Gasteiger partial charge in [-0.15, -0.1) is 0 Å². The van der Waals surface area contributed by atoms with Crippen LogP contribution in [0.25, 0.3) is 0 Å². The summed E-state index contributed by atoms with van der Waals surface area (Å²) >= 11 is 0. The largest absolute Gasteiger partial charge is 0.314 e. The Morgan fingerprint density at radius 1 is 1.06 bits per heavy atom. The van der Waals surface area contributed by atoms with Gasteiger partial charge in [0.25, 0.3) is 0 Å². The van der Waals surface area contributed by atoms with Crippen molar-refractivity contribution in [3.8, 4) is 0 Å². The van der Waals surface area contributed by atoms with E-state index in [1.54, 1.807) is 0 Å². The summed E-state index contributed by atoms with van der Waals surface area (Å²) in [6, 6.07) is 0.795. The molecule has 0 amide bonds. The van der Waals surface area contributed by atoms with Crippen LogP contribution in [-0.2, 0) is 0 Å². The molecule has 0 radical (unpaired) electrons. The molecule has 0 bridgehead atoms. The molecule has 18 heavy (non-hydrogen) atoms. The molecule has 1 aliphatic heterocycles. The number of hydrogen-bond acceptors (Lipinski definition) is 2. The topological polar surface area (TPSA) is 15.3 Å². The molecular formula is C16H32N2. The van der Waals surface area contributed by atoms with Crippen molar-refractivity contribution in [3.05, 3.63) is 0 Å². The highest BCUT2D eigenvalue weighted by atomic mass is 15.1. The Morgan fingerprint density at radius 2 is 1.78 bits per heavy atom. The van der Waals surface area contributed by atoms with Gasteiger partial charge >= 0.3 is 0 Å². The zero-order valence-electron chi connectivity index (χ0n) is 12.3. The molecule has 1 N–H and O–H groups in total. The van der Waals surface area contributed by atoms with Gasteiger partial charge in [0.05, 0.1) is 0 Å². The predicted octanol–water partition coefficient (Wildman–Crippen LogP) is 3.42. The zero-order chi connectivity index (χ0) is 12.6. The van der Waals surface area contributed by atoms with Crippen molar-refractivity contribution in [1.82, 2.24) is 10.2 Å². The van der Waals surface area contributed by atoms with E-state index in [0.29, 0.717) is 0 Å². The minimum Gasteiger partial charge on any atom is -0.314 e. The summed E-state index contributed by atoms with van der Waals surface area (Å²) in [5.74, 6) is 0.968. The van der Waals surface area contributed by atoms with Gasteiger partial charge in [0.2, 0.25) is 0 Å². The smallest absolute Gasteiger partial charge is 0.00927 e. The standard InChI is InChI=1S/C16H32N2/c1-2-16(15-9-4-3-5-10-15)17-11-8-14-18-12-6-7-13-18/h15-17H,2-14H2,1H3. The summed E-state index contributed by atoms with van der Waals surface area (Å²) in [6.07, 6.45) is 12.8. The molecule has 2 fully saturated rings. The molecule has 0 aromatic heterocycles. The number of nitrogens with zero attached hydrogens (tertiary/aromatic N) is 1. The first kappa shape index (κ1) is 14.3. The summed E-state index contributed by atoms with van der Waals surface area (Å²) in [5, 5.41) is 3.84. The maximum atomic E-state index is 3.84. The molecule has 1 heterocycles. The van der Waals surface area contributed by atoms with Crippen molar-refractivity contribution < 1.29 is 0 Å². The fraction of sp³-hybridized carbons (Fsp3) is 1.00. The monoisotopic (exact) mass is 252 g/mol. The van der Waals surface area contributed by atoms with Gasteiger partial charge in [0.1, 0.15) is 0 Å². The second-order valence-electron chi connectivity index (χ2n) is 6.27. The molecular weight excluding hydrogens is 220 g/mol. The van der Waals surface area contributed by atoms with Crippen molar-refractivity contribution in [2.75, 3.05) is 26.2 Å². The first-order valence-electron chi connectivity index (χ1n) is 8.36. The lowest BCUT2D eigenvalue weighted by Gasteiger charge is -2.30. The van der Waals surface area contributed by atoms with E-state index in [1.165, 1.54) is 84.0 Å². The van der Waals surface area contributed by atoms with Crippen LogP contribution in [0.3, 0.4) is 0 Å². The number of rotatable bonds is 7. The molecule has 2 aliphatic rings. The average Bonchev–Trinajstić information content (AvgIpc) is 2.93. The van der Waals surface area contributed by atoms with Gasteiger partial charge in [-0.2, -0.15) is 0 Å². The molecule has 2 nitrogen and oxygen atoms in total. The minimum absolute atomic E-state index is 0.795. The molecule has 1 unspecified atom stereocenters. The van der Waals surface area contributed by atoms with Crippen LogP contribution in [0.5, 0.6) is 0 Å². The number of hydrogen-bond donors (Lipinski definition) is 1. The Hall–Kier alpha value is -0.0800. The Labute approximate surface area is 114 Å². The van der Waals surface area contributed by atoms with Gasteiger partial charge in [-0.25, -0.2) is 0 Å². The van der Waals surface area contributed by atoms with Crippen LogP contribution in [0.15, 0.2) is 0 Å². The van der Waals surface area contributed by atoms with Gasteiger partial charge in [-0.1, -0.05) is 26.2 Å². The highest BCUT2D eigenvalue weighted by Crippen LogP contribution is 2.27. The van der Waals surface area contributed by atoms with Crippen LogP contribution in [0, 0.1) is 5.92 Å². The summed E-state index contributed by atoms with van der Waals surface area (Å²) in [7, 11) is 0. The Balaban J connectivity index is 1.57. The summed E-state index contributed by atoms with van der Waals surface area (Å²) < 4.78 is 0. The zero-order valence-corrected chi connectivity index (χ0v) is 12.3. The fourth-order valence-electron chi connectivity index (χ4n) is 3.78. The second kappa shape index (κ2) is 8.16. The van der Waals surface area contributed by atoms with E-state index in [1.807, 2.05) is 0 Å². The molecule has 0 spiro atoms. The normalized spacial score (nSPS) is 24.5. The highest BCUT2D eigenvalue weighted by molar-refractivity contribution is 4.78. The van der Waals surface area contributed by atoms with Crippen LogP contribution in [-0.4, -0.2) is 37.1 Å². The summed E-state index contributed by atoms with van der Waals surface area (Å²) in [6.45, 7) is 7.59. The molecule has 1 atom stereocenters. The third-order valence-electron chi connectivity index (χ3n) is 4.92. The fourth-order valence-corrected chi connectivity index (χ4v) is 3.78. The van der Waals surface area contributed by atoms with E-state index in [-0.39, 0.29) is 0 Å². The SMILES string of the molecule is CCC(NCCCN1CCCC1)C1CCCCC1. The van der Waals surface area contributed by atoms with Crippen LogP contribution >= 0.6 is 0 Å². The third kappa shape index (κ3) is 4.55. The number of nitrogens with one attached hydrogen (secondary N) is 1. The van der Waals surface area contributed by atoms with E-state index in [2.05, 4.69) is 17.1 Å². The van der Waals surface area contributed by atoms with Crippen LogP contribution < -0.4 is 5.32 Å². The first-order valence-corrected chi connectivity index (χ1v) is 8.36. The highest BCUT2D eigenvalue weighted by Gasteiger charge is 2.21. The quantitative estimate of drug-likeness (QED) is 0.698. The molecule has 0 aromatic carbocycles. The average molecular weight is 252 g/mol. The molecule has 2 heteroatoms. The summed E-state index contributed by atoms with van der Waals surface area (Å²) in [4.78, 5) is 2.63. The first-order chi connectivity index (χ1) is 8.90. The maximum Gasteiger partial charge on any atom is 0.00927 e. The van der Waals surface area contributed by atoms with Crippen molar-refractivity contribution in [3.63, 3.8) is 0 Å².